The predicted molar refractivity (Wildman–Crippen MR) is 114 cm³/mol. The first-order chi connectivity index (χ1) is 14.1. The summed E-state index contributed by atoms with van der Waals surface area (Å²) in [4.78, 5) is 26.9. The fraction of sp³-hybridized carbons (Fsp3) is 0.250. The van der Waals surface area contributed by atoms with Gasteiger partial charge in [0, 0.05) is 31.5 Å². The second kappa shape index (κ2) is 8.36. The largest absolute Gasteiger partial charge is 0.352 e. The highest BCUT2D eigenvalue weighted by molar-refractivity contribution is 7.13. The molecule has 4 aromatic heterocycles. The maximum Gasteiger partial charge on any atom is 0.252 e. The maximum atomic E-state index is 12.9. The van der Waals surface area contributed by atoms with Crippen molar-refractivity contribution in [1.82, 2.24) is 30.0 Å². The monoisotopic (exact) mass is 407 g/mol. The van der Waals surface area contributed by atoms with Gasteiger partial charge in [-0.05, 0) is 37.4 Å². The molecule has 1 amide bonds. The number of pyridine rings is 1. The lowest BCUT2D eigenvalue weighted by Crippen LogP contribution is -2.29. The minimum Gasteiger partial charge on any atom is -0.352 e. The molecule has 2 N–H and O–H groups in total. The highest BCUT2D eigenvalue weighted by Crippen LogP contribution is 2.28. The van der Waals surface area contributed by atoms with Gasteiger partial charge in [0.1, 0.15) is 0 Å². The van der Waals surface area contributed by atoms with Gasteiger partial charge in [0.25, 0.3) is 5.91 Å². The average molecular weight is 408 g/mol. The van der Waals surface area contributed by atoms with Gasteiger partial charge >= 0.3 is 0 Å². The Labute approximate surface area is 172 Å². The first kappa shape index (κ1) is 19.0. The Balaban J connectivity index is 1.57. The summed E-state index contributed by atoms with van der Waals surface area (Å²) < 4.78 is 1.84. The van der Waals surface area contributed by atoms with Gasteiger partial charge in [-0.25, -0.2) is 19.6 Å². The second-order valence-electron chi connectivity index (χ2n) is 6.71. The molecule has 0 atom stereocenters. The Bertz CT molecular complexity index is 1110. The summed E-state index contributed by atoms with van der Waals surface area (Å²) >= 11 is 1.59. The molecule has 148 valence electrons. The van der Waals surface area contributed by atoms with Crippen molar-refractivity contribution in [3.8, 4) is 10.6 Å². The molecule has 0 radical (unpaired) electrons. The molecular weight excluding hydrogens is 386 g/mol. The molecular formula is C20H21N7OS. The third-order valence-electron chi connectivity index (χ3n) is 4.33. The van der Waals surface area contributed by atoms with Crippen molar-refractivity contribution in [2.45, 2.75) is 19.9 Å². The third-order valence-corrected chi connectivity index (χ3v) is 5.23. The number of anilines is 1. The van der Waals surface area contributed by atoms with E-state index in [1.807, 2.05) is 42.1 Å². The van der Waals surface area contributed by atoms with Gasteiger partial charge in [-0.3, -0.25) is 4.79 Å². The van der Waals surface area contributed by atoms with Gasteiger partial charge in [0.15, 0.2) is 5.65 Å². The van der Waals surface area contributed by atoms with Crippen LogP contribution in [-0.4, -0.2) is 43.7 Å². The lowest BCUT2D eigenvalue weighted by Gasteiger charge is -2.11. The first-order valence-corrected chi connectivity index (χ1v) is 10.2. The third kappa shape index (κ3) is 4.09. The van der Waals surface area contributed by atoms with E-state index >= 15 is 0 Å². The van der Waals surface area contributed by atoms with Gasteiger partial charge in [-0.2, -0.15) is 5.10 Å². The average Bonchev–Trinajstić information content (AvgIpc) is 3.41. The summed E-state index contributed by atoms with van der Waals surface area (Å²) in [6.07, 6.45) is 5.05. The van der Waals surface area contributed by atoms with E-state index in [4.69, 9.17) is 4.98 Å². The van der Waals surface area contributed by atoms with Crippen LogP contribution >= 0.6 is 11.3 Å². The summed E-state index contributed by atoms with van der Waals surface area (Å²) in [6.45, 7) is 5.05. The van der Waals surface area contributed by atoms with Crippen LogP contribution in [0.2, 0.25) is 0 Å². The lowest BCUT2D eigenvalue weighted by molar-refractivity contribution is 0.0956. The zero-order valence-corrected chi connectivity index (χ0v) is 17.0. The number of carbonyl (C=O) groups excluding carboxylic acids is 1. The molecule has 0 bridgehead atoms. The van der Waals surface area contributed by atoms with Crippen LogP contribution in [0.25, 0.3) is 21.6 Å². The van der Waals surface area contributed by atoms with E-state index in [1.165, 1.54) is 0 Å². The number of amides is 1. The molecule has 4 aromatic rings. The van der Waals surface area contributed by atoms with Crippen molar-refractivity contribution >= 4 is 34.2 Å². The molecule has 0 aliphatic heterocycles. The SMILES string of the molecule is CC(C)n1ncc2c(C(=O)NCCNc3ncccn3)cc(-c3cccs3)nc21. The lowest BCUT2D eigenvalue weighted by atomic mass is 10.1. The first-order valence-electron chi connectivity index (χ1n) is 9.34. The normalized spacial score (nSPS) is 11.1. The van der Waals surface area contributed by atoms with E-state index in [9.17, 15) is 4.79 Å². The molecule has 9 heteroatoms. The number of rotatable bonds is 7. The number of fused-ring (bicyclic) bond motifs is 1. The molecule has 4 rings (SSSR count). The minimum atomic E-state index is -0.158. The van der Waals surface area contributed by atoms with Gasteiger partial charge in [0.2, 0.25) is 5.95 Å². The number of carbonyl (C=O) groups is 1. The highest BCUT2D eigenvalue weighted by atomic mass is 32.1. The quantitative estimate of drug-likeness (QED) is 0.456. The number of nitrogens with one attached hydrogen (secondary N) is 2. The van der Waals surface area contributed by atoms with Crippen LogP contribution in [0.15, 0.2) is 48.2 Å². The van der Waals surface area contributed by atoms with Crippen molar-refractivity contribution < 1.29 is 4.79 Å². The maximum absolute atomic E-state index is 12.9. The molecule has 0 saturated carbocycles. The summed E-state index contributed by atoms with van der Waals surface area (Å²) in [7, 11) is 0. The summed E-state index contributed by atoms with van der Waals surface area (Å²) in [5, 5.41) is 13.2. The number of nitrogens with zero attached hydrogens (tertiary/aromatic N) is 5. The molecule has 0 aliphatic rings. The van der Waals surface area contributed by atoms with E-state index in [0.717, 1.165) is 16.0 Å². The molecule has 0 unspecified atom stereocenters. The Kier molecular flexibility index (Phi) is 5.48. The number of hydrogen-bond donors (Lipinski definition) is 2. The van der Waals surface area contributed by atoms with Crippen LogP contribution in [0.1, 0.15) is 30.2 Å². The minimum absolute atomic E-state index is 0.143. The number of aromatic nitrogens is 5. The zero-order valence-electron chi connectivity index (χ0n) is 16.2. The van der Waals surface area contributed by atoms with Gasteiger partial charge in [-0.15, -0.1) is 11.3 Å². The van der Waals surface area contributed by atoms with Crippen LogP contribution in [0.5, 0.6) is 0 Å². The van der Waals surface area contributed by atoms with Gasteiger partial charge in [-0.1, -0.05) is 6.07 Å². The fourth-order valence-electron chi connectivity index (χ4n) is 2.97. The Morgan fingerprint density at radius 2 is 2.03 bits per heavy atom. The summed E-state index contributed by atoms with van der Waals surface area (Å²) in [6, 6.07) is 7.71. The topological polar surface area (TPSA) is 97.6 Å². The van der Waals surface area contributed by atoms with E-state index in [2.05, 4.69) is 25.7 Å². The van der Waals surface area contributed by atoms with Crippen molar-refractivity contribution in [2.75, 3.05) is 18.4 Å². The van der Waals surface area contributed by atoms with Crippen LogP contribution in [0.4, 0.5) is 5.95 Å². The van der Waals surface area contributed by atoms with Crippen LogP contribution in [-0.2, 0) is 0 Å². The van der Waals surface area contributed by atoms with Crippen LogP contribution in [0.3, 0.4) is 0 Å². The van der Waals surface area contributed by atoms with Crippen molar-refractivity contribution in [3.63, 3.8) is 0 Å². The Morgan fingerprint density at radius 3 is 2.76 bits per heavy atom. The predicted octanol–water partition coefficient (Wildman–Crippen LogP) is 3.37. The van der Waals surface area contributed by atoms with Gasteiger partial charge < -0.3 is 10.6 Å². The molecule has 0 aromatic carbocycles. The van der Waals surface area contributed by atoms with Crippen molar-refractivity contribution in [1.29, 1.82) is 0 Å². The highest BCUT2D eigenvalue weighted by Gasteiger charge is 2.18. The molecule has 8 nitrogen and oxygen atoms in total. The van der Waals surface area contributed by atoms with Crippen molar-refractivity contribution in [2.24, 2.45) is 0 Å². The van der Waals surface area contributed by atoms with Crippen molar-refractivity contribution in [3.05, 3.63) is 53.8 Å². The Hall–Kier alpha value is -3.33. The fourth-order valence-corrected chi connectivity index (χ4v) is 3.66. The standard InChI is InChI=1S/C20H21N7OS/c1-13(2)27-18-15(12-25-27)14(11-16(26-18)17-5-3-10-29-17)19(28)21-8-9-24-20-22-6-4-7-23-20/h3-7,10-13H,8-9H2,1-2H3,(H,21,28)(H,22,23,24). The molecule has 0 fully saturated rings. The molecule has 0 spiro atoms. The summed E-state index contributed by atoms with van der Waals surface area (Å²) in [5.74, 6) is 0.375. The number of hydrogen-bond acceptors (Lipinski definition) is 7. The molecule has 0 saturated heterocycles. The van der Waals surface area contributed by atoms with Gasteiger partial charge in [0.05, 0.1) is 27.7 Å². The molecule has 0 aliphatic carbocycles. The smallest absolute Gasteiger partial charge is 0.252 e. The van der Waals surface area contributed by atoms with E-state index < -0.39 is 0 Å². The molecule has 29 heavy (non-hydrogen) atoms. The van der Waals surface area contributed by atoms with E-state index in [-0.39, 0.29) is 11.9 Å². The van der Waals surface area contributed by atoms with Crippen LogP contribution < -0.4 is 10.6 Å². The second-order valence-corrected chi connectivity index (χ2v) is 7.66. The molecule has 4 heterocycles. The number of thiophene rings is 1. The van der Waals surface area contributed by atoms with E-state index in [0.29, 0.717) is 30.2 Å². The van der Waals surface area contributed by atoms with Crippen LogP contribution in [0, 0.1) is 0 Å². The van der Waals surface area contributed by atoms with E-state index in [1.54, 1.807) is 36.0 Å². The summed E-state index contributed by atoms with van der Waals surface area (Å²) in [5.41, 5.74) is 2.06. The Morgan fingerprint density at radius 1 is 1.21 bits per heavy atom. The zero-order chi connectivity index (χ0) is 20.2.